The number of nitrogens with two attached hydrogens (primary N) is 1. The third-order valence-corrected chi connectivity index (χ3v) is 3.11. The number of ether oxygens (including phenoxy) is 1. The van der Waals surface area contributed by atoms with E-state index in [1.165, 1.54) is 13.1 Å². The molecule has 2 rings (SSSR count). The summed E-state index contributed by atoms with van der Waals surface area (Å²) in [6.07, 6.45) is -1.71. The zero-order valence-corrected chi connectivity index (χ0v) is 9.74. The SMILES string of the molecule is CC1(N)C(O)C(CO)OC1n1ccc(=O)[nH]c1=O. The standard InChI is InChI=1S/C10H15N3O5/c1-10(11)7(16)5(4-14)18-8(10)13-3-2-6(15)12-9(13)17/h2-3,5,7-8,14,16H,4,11H2,1H3,(H,12,15,17). The summed E-state index contributed by atoms with van der Waals surface area (Å²) in [5.74, 6) is 0. The number of aliphatic hydroxyl groups excluding tert-OH is 2. The van der Waals surface area contributed by atoms with Crippen LogP contribution in [0.3, 0.4) is 0 Å². The summed E-state index contributed by atoms with van der Waals surface area (Å²) in [4.78, 5) is 24.7. The summed E-state index contributed by atoms with van der Waals surface area (Å²) in [5, 5.41) is 19.0. The molecule has 1 aliphatic heterocycles. The smallest absolute Gasteiger partial charge is 0.330 e. The lowest BCUT2D eigenvalue weighted by atomic mass is 9.93. The van der Waals surface area contributed by atoms with Gasteiger partial charge in [0.1, 0.15) is 12.2 Å². The fourth-order valence-corrected chi connectivity index (χ4v) is 2.05. The molecule has 4 unspecified atom stereocenters. The van der Waals surface area contributed by atoms with Gasteiger partial charge in [-0.1, -0.05) is 0 Å². The fraction of sp³-hybridized carbons (Fsp3) is 0.600. The molecule has 5 N–H and O–H groups in total. The van der Waals surface area contributed by atoms with E-state index in [9.17, 15) is 14.7 Å². The largest absolute Gasteiger partial charge is 0.394 e. The van der Waals surface area contributed by atoms with E-state index in [0.717, 1.165) is 10.6 Å². The first-order valence-corrected chi connectivity index (χ1v) is 5.42. The van der Waals surface area contributed by atoms with Gasteiger partial charge < -0.3 is 20.7 Å². The van der Waals surface area contributed by atoms with Crippen LogP contribution in [0.2, 0.25) is 0 Å². The van der Waals surface area contributed by atoms with Crippen molar-refractivity contribution in [2.45, 2.75) is 30.9 Å². The Hall–Kier alpha value is -1.48. The Bertz CT molecular complexity index is 549. The highest BCUT2D eigenvalue weighted by Crippen LogP contribution is 2.35. The van der Waals surface area contributed by atoms with Gasteiger partial charge in [0.25, 0.3) is 5.56 Å². The molecule has 0 bridgehead atoms. The van der Waals surface area contributed by atoms with E-state index in [2.05, 4.69) is 4.98 Å². The zero-order valence-electron chi connectivity index (χ0n) is 9.74. The van der Waals surface area contributed by atoms with Gasteiger partial charge in [-0.15, -0.1) is 0 Å². The molecule has 0 aliphatic carbocycles. The van der Waals surface area contributed by atoms with Crippen LogP contribution in [0.5, 0.6) is 0 Å². The lowest BCUT2D eigenvalue weighted by Crippen LogP contribution is -2.53. The van der Waals surface area contributed by atoms with Crippen molar-refractivity contribution < 1.29 is 14.9 Å². The molecule has 1 aliphatic rings. The van der Waals surface area contributed by atoms with Crippen molar-refractivity contribution in [3.63, 3.8) is 0 Å². The second kappa shape index (κ2) is 4.32. The Balaban J connectivity index is 2.45. The average Bonchev–Trinajstić information content (AvgIpc) is 2.52. The van der Waals surface area contributed by atoms with Gasteiger partial charge in [0.05, 0.1) is 12.1 Å². The number of nitrogens with one attached hydrogen (secondary N) is 1. The Kier molecular flexibility index (Phi) is 3.11. The highest BCUT2D eigenvalue weighted by Gasteiger charge is 2.51. The van der Waals surface area contributed by atoms with Crippen molar-refractivity contribution in [2.75, 3.05) is 6.61 Å². The normalized spacial score (nSPS) is 35.9. The second-order valence-corrected chi connectivity index (χ2v) is 4.54. The van der Waals surface area contributed by atoms with Crippen molar-refractivity contribution in [3.8, 4) is 0 Å². The van der Waals surface area contributed by atoms with E-state index in [-0.39, 0.29) is 0 Å². The maximum atomic E-state index is 11.6. The van der Waals surface area contributed by atoms with Crippen molar-refractivity contribution in [2.24, 2.45) is 5.73 Å². The highest BCUT2D eigenvalue weighted by molar-refractivity contribution is 5.03. The van der Waals surface area contributed by atoms with Crippen LogP contribution in [0.4, 0.5) is 0 Å². The summed E-state index contributed by atoms with van der Waals surface area (Å²) >= 11 is 0. The van der Waals surface area contributed by atoms with E-state index in [1.807, 2.05) is 0 Å². The number of aliphatic hydroxyl groups is 2. The molecule has 1 aromatic rings. The van der Waals surface area contributed by atoms with E-state index < -0.39 is 41.8 Å². The van der Waals surface area contributed by atoms with Crippen LogP contribution in [0.15, 0.2) is 21.9 Å². The molecule has 18 heavy (non-hydrogen) atoms. The van der Waals surface area contributed by atoms with Crippen molar-refractivity contribution in [1.82, 2.24) is 9.55 Å². The van der Waals surface area contributed by atoms with Crippen LogP contribution >= 0.6 is 0 Å². The van der Waals surface area contributed by atoms with Gasteiger partial charge in [0, 0.05) is 12.3 Å². The number of aromatic amines is 1. The number of H-pyrrole nitrogens is 1. The molecule has 100 valence electrons. The second-order valence-electron chi connectivity index (χ2n) is 4.54. The highest BCUT2D eigenvalue weighted by atomic mass is 16.5. The monoisotopic (exact) mass is 257 g/mol. The molecule has 8 nitrogen and oxygen atoms in total. The van der Waals surface area contributed by atoms with Crippen LogP contribution in [-0.2, 0) is 4.74 Å². The van der Waals surface area contributed by atoms with E-state index >= 15 is 0 Å². The molecule has 0 spiro atoms. The Morgan fingerprint density at radius 3 is 2.78 bits per heavy atom. The minimum atomic E-state index is -1.25. The number of hydrogen-bond acceptors (Lipinski definition) is 6. The molecule has 1 aromatic heterocycles. The number of rotatable bonds is 2. The molecular weight excluding hydrogens is 242 g/mol. The predicted octanol–water partition coefficient (Wildman–Crippen LogP) is -2.50. The molecule has 4 atom stereocenters. The van der Waals surface area contributed by atoms with Crippen LogP contribution < -0.4 is 17.0 Å². The summed E-state index contributed by atoms with van der Waals surface area (Å²) in [6, 6.07) is 1.15. The van der Waals surface area contributed by atoms with Gasteiger partial charge in [-0.3, -0.25) is 14.3 Å². The van der Waals surface area contributed by atoms with Gasteiger partial charge in [-0.25, -0.2) is 4.79 Å². The number of nitrogens with zero attached hydrogens (tertiary/aromatic N) is 1. The van der Waals surface area contributed by atoms with Crippen LogP contribution in [-0.4, -0.2) is 44.1 Å². The number of aromatic nitrogens is 2. The minimum absolute atomic E-state index is 0.414. The van der Waals surface area contributed by atoms with Crippen molar-refractivity contribution in [1.29, 1.82) is 0 Å². The molecule has 0 radical (unpaired) electrons. The first kappa shape index (κ1) is 13.0. The van der Waals surface area contributed by atoms with Crippen LogP contribution in [0, 0.1) is 0 Å². The maximum absolute atomic E-state index is 11.6. The van der Waals surface area contributed by atoms with Gasteiger partial charge in [0.15, 0.2) is 6.23 Å². The predicted molar refractivity (Wildman–Crippen MR) is 60.9 cm³/mol. The molecule has 0 saturated carbocycles. The van der Waals surface area contributed by atoms with Gasteiger partial charge in [-0.05, 0) is 6.92 Å². The molecule has 0 amide bonds. The number of hydrogen-bond donors (Lipinski definition) is 4. The van der Waals surface area contributed by atoms with E-state index in [1.54, 1.807) is 0 Å². The lowest BCUT2D eigenvalue weighted by molar-refractivity contribution is -0.0487. The third-order valence-electron chi connectivity index (χ3n) is 3.11. The topological polar surface area (TPSA) is 131 Å². The Morgan fingerprint density at radius 1 is 1.61 bits per heavy atom. The molecule has 0 aromatic carbocycles. The zero-order chi connectivity index (χ0) is 13.5. The first-order chi connectivity index (χ1) is 8.37. The minimum Gasteiger partial charge on any atom is -0.394 e. The van der Waals surface area contributed by atoms with Crippen molar-refractivity contribution >= 4 is 0 Å². The van der Waals surface area contributed by atoms with Crippen molar-refractivity contribution in [3.05, 3.63) is 33.1 Å². The Morgan fingerprint density at radius 2 is 2.28 bits per heavy atom. The van der Waals surface area contributed by atoms with E-state index in [4.69, 9.17) is 15.6 Å². The van der Waals surface area contributed by atoms with Gasteiger partial charge >= 0.3 is 5.69 Å². The average molecular weight is 257 g/mol. The lowest BCUT2D eigenvalue weighted by Gasteiger charge is -2.28. The van der Waals surface area contributed by atoms with Gasteiger partial charge in [-0.2, -0.15) is 0 Å². The fourth-order valence-electron chi connectivity index (χ4n) is 2.05. The molecule has 1 saturated heterocycles. The summed E-state index contributed by atoms with van der Waals surface area (Å²) < 4.78 is 6.44. The van der Waals surface area contributed by atoms with Gasteiger partial charge in [0.2, 0.25) is 0 Å². The molecule has 8 heteroatoms. The van der Waals surface area contributed by atoms with Crippen LogP contribution in [0.25, 0.3) is 0 Å². The molecule has 2 heterocycles. The third kappa shape index (κ3) is 1.89. The first-order valence-electron chi connectivity index (χ1n) is 5.42. The Labute approximate surface area is 102 Å². The quantitative estimate of drug-likeness (QED) is 0.463. The summed E-state index contributed by atoms with van der Waals surface area (Å²) in [7, 11) is 0. The van der Waals surface area contributed by atoms with Crippen LogP contribution in [0.1, 0.15) is 13.2 Å². The van der Waals surface area contributed by atoms with E-state index in [0.29, 0.717) is 0 Å². The maximum Gasteiger partial charge on any atom is 0.330 e. The summed E-state index contributed by atoms with van der Waals surface area (Å²) in [6.45, 7) is 1.10. The summed E-state index contributed by atoms with van der Waals surface area (Å²) in [5.41, 5.74) is 3.46. The molecule has 1 fully saturated rings. The molecular formula is C10H15N3O5.